The van der Waals surface area contributed by atoms with Gasteiger partial charge in [0.05, 0.1) is 5.92 Å². The molecule has 82 valence electrons. The fourth-order valence-electron chi connectivity index (χ4n) is 1.44. The average molecular weight is 246 g/mol. The molecule has 0 bridgehead atoms. The van der Waals surface area contributed by atoms with Crippen molar-refractivity contribution in [3.8, 4) is 0 Å². The summed E-state index contributed by atoms with van der Waals surface area (Å²) < 4.78 is 0. The average Bonchev–Trinajstić information content (AvgIpc) is 2.15. The predicted molar refractivity (Wildman–Crippen MR) is 63.6 cm³/mol. The van der Waals surface area contributed by atoms with Gasteiger partial charge in [-0.05, 0) is 19.1 Å². The first-order valence-electron chi connectivity index (χ1n) is 4.60. The van der Waals surface area contributed by atoms with Crippen molar-refractivity contribution >= 4 is 29.1 Å². The summed E-state index contributed by atoms with van der Waals surface area (Å²) in [4.78, 5) is 13.3. The summed E-state index contributed by atoms with van der Waals surface area (Å²) in [7, 11) is 3.42. The van der Waals surface area contributed by atoms with Crippen LogP contribution in [0, 0.1) is 0 Å². The molecule has 0 saturated carbocycles. The van der Waals surface area contributed by atoms with E-state index in [9.17, 15) is 4.79 Å². The molecule has 0 aliphatic rings. The lowest BCUT2D eigenvalue weighted by molar-refractivity contribution is -0.129. The third kappa shape index (κ3) is 2.64. The Morgan fingerprint density at radius 1 is 1.27 bits per heavy atom. The second kappa shape index (κ2) is 4.86. The van der Waals surface area contributed by atoms with Gasteiger partial charge in [0.1, 0.15) is 0 Å². The lowest BCUT2D eigenvalue weighted by Crippen LogP contribution is -2.27. The number of hydrogen-bond acceptors (Lipinski definition) is 1. The summed E-state index contributed by atoms with van der Waals surface area (Å²) in [5.41, 5.74) is 0.694. The molecule has 0 heterocycles. The summed E-state index contributed by atoms with van der Waals surface area (Å²) in [6.45, 7) is 1.80. The van der Waals surface area contributed by atoms with Gasteiger partial charge in [0.2, 0.25) is 5.91 Å². The van der Waals surface area contributed by atoms with Crippen LogP contribution in [-0.4, -0.2) is 24.9 Å². The summed E-state index contributed by atoms with van der Waals surface area (Å²) in [6.07, 6.45) is 0. The monoisotopic (exact) mass is 245 g/mol. The van der Waals surface area contributed by atoms with Crippen molar-refractivity contribution in [2.24, 2.45) is 0 Å². The van der Waals surface area contributed by atoms with Gasteiger partial charge in [0.15, 0.2) is 0 Å². The van der Waals surface area contributed by atoms with Crippen molar-refractivity contribution in [1.29, 1.82) is 0 Å². The Bertz CT molecular complexity index is 357. The lowest BCUT2D eigenvalue weighted by Gasteiger charge is -2.18. The fourth-order valence-corrected chi connectivity index (χ4v) is 2.16. The highest BCUT2D eigenvalue weighted by Crippen LogP contribution is 2.31. The molecule has 0 aromatic heterocycles. The number of carbonyl (C=O) groups excluding carboxylic acids is 1. The van der Waals surface area contributed by atoms with Gasteiger partial charge in [-0.25, -0.2) is 0 Å². The zero-order valence-corrected chi connectivity index (χ0v) is 10.4. The Morgan fingerprint density at radius 3 is 2.13 bits per heavy atom. The molecule has 15 heavy (non-hydrogen) atoms. The van der Waals surface area contributed by atoms with Crippen molar-refractivity contribution in [2.45, 2.75) is 12.8 Å². The molecule has 2 nitrogen and oxygen atoms in total. The Balaban J connectivity index is 3.11. The van der Waals surface area contributed by atoms with Crippen LogP contribution in [-0.2, 0) is 4.79 Å². The summed E-state index contributed by atoms with van der Waals surface area (Å²) >= 11 is 12.0. The number of nitrogens with zero attached hydrogens (tertiary/aromatic N) is 1. The Kier molecular flexibility index (Phi) is 4.00. The van der Waals surface area contributed by atoms with Crippen LogP contribution in [0.1, 0.15) is 18.4 Å². The van der Waals surface area contributed by atoms with Crippen LogP contribution in [0.3, 0.4) is 0 Å². The number of rotatable bonds is 2. The molecule has 0 unspecified atom stereocenters. The molecule has 0 saturated heterocycles. The standard InChI is InChI=1S/C11H13Cl2NO/c1-7(11(15)14(2)3)10-8(12)5-4-6-9(10)13/h4-7H,1-3H3/t7-/m1/s1. The second-order valence-electron chi connectivity index (χ2n) is 3.59. The zero-order chi connectivity index (χ0) is 11.6. The third-order valence-corrected chi connectivity index (χ3v) is 2.90. The number of carbonyl (C=O) groups is 1. The SMILES string of the molecule is C[C@@H](C(=O)N(C)C)c1c(Cl)cccc1Cl. The number of likely N-dealkylation sites (N-methyl/N-ethyl adjacent to an activating group) is 1. The smallest absolute Gasteiger partial charge is 0.229 e. The van der Waals surface area contributed by atoms with Crippen molar-refractivity contribution < 1.29 is 4.79 Å². The Morgan fingerprint density at radius 2 is 1.73 bits per heavy atom. The van der Waals surface area contributed by atoms with Crippen molar-refractivity contribution in [3.05, 3.63) is 33.8 Å². The molecule has 1 amide bonds. The molecule has 1 aromatic carbocycles. The van der Waals surface area contributed by atoms with E-state index in [2.05, 4.69) is 0 Å². The predicted octanol–water partition coefficient (Wildman–Crippen LogP) is 3.19. The summed E-state index contributed by atoms with van der Waals surface area (Å²) in [6, 6.07) is 5.24. The van der Waals surface area contributed by atoms with E-state index in [4.69, 9.17) is 23.2 Å². The van der Waals surface area contributed by atoms with Crippen molar-refractivity contribution in [2.75, 3.05) is 14.1 Å². The maximum Gasteiger partial charge on any atom is 0.229 e. The quantitative estimate of drug-likeness (QED) is 0.784. The first kappa shape index (κ1) is 12.3. The van der Waals surface area contributed by atoms with Crippen LogP contribution in [0.4, 0.5) is 0 Å². The minimum Gasteiger partial charge on any atom is -0.348 e. The number of hydrogen-bond donors (Lipinski definition) is 0. The Hall–Kier alpha value is -0.730. The van der Waals surface area contributed by atoms with Gasteiger partial charge in [-0.1, -0.05) is 29.3 Å². The highest BCUT2D eigenvalue weighted by molar-refractivity contribution is 6.36. The maximum atomic E-state index is 11.8. The summed E-state index contributed by atoms with van der Waals surface area (Å²) in [5.74, 6) is -0.328. The van der Waals surface area contributed by atoms with Crippen molar-refractivity contribution in [3.63, 3.8) is 0 Å². The van der Waals surface area contributed by atoms with Crippen LogP contribution in [0.5, 0.6) is 0 Å². The molecule has 1 atom stereocenters. The van der Waals surface area contributed by atoms with Crippen LogP contribution in [0.15, 0.2) is 18.2 Å². The minimum absolute atomic E-state index is 0.00926. The lowest BCUT2D eigenvalue weighted by atomic mass is 10.00. The number of benzene rings is 1. The molecule has 4 heteroatoms. The highest BCUT2D eigenvalue weighted by Gasteiger charge is 2.21. The molecular formula is C11H13Cl2NO. The van der Waals surface area contributed by atoms with Gasteiger partial charge in [-0.15, -0.1) is 0 Å². The van der Waals surface area contributed by atoms with E-state index < -0.39 is 0 Å². The molecule has 1 aromatic rings. The topological polar surface area (TPSA) is 20.3 Å². The molecule has 0 spiro atoms. The van der Waals surface area contributed by atoms with Gasteiger partial charge in [-0.2, -0.15) is 0 Å². The van der Waals surface area contributed by atoms with Crippen LogP contribution >= 0.6 is 23.2 Å². The van der Waals surface area contributed by atoms with Gasteiger partial charge in [0, 0.05) is 29.7 Å². The van der Waals surface area contributed by atoms with Gasteiger partial charge < -0.3 is 4.90 Å². The minimum atomic E-state index is -0.318. The third-order valence-electron chi connectivity index (χ3n) is 2.24. The number of amides is 1. The molecule has 1 rings (SSSR count). The highest BCUT2D eigenvalue weighted by atomic mass is 35.5. The molecule has 0 aliphatic carbocycles. The van der Waals surface area contributed by atoms with Crippen LogP contribution in [0.25, 0.3) is 0 Å². The van der Waals surface area contributed by atoms with Gasteiger partial charge in [-0.3, -0.25) is 4.79 Å². The van der Waals surface area contributed by atoms with E-state index in [1.54, 1.807) is 39.2 Å². The molecule has 0 N–H and O–H groups in total. The molecule has 0 aliphatic heterocycles. The normalized spacial score (nSPS) is 12.3. The zero-order valence-electron chi connectivity index (χ0n) is 8.92. The van der Waals surface area contributed by atoms with Gasteiger partial charge in [0.25, 0.3) is 0 Å². The maximum absolute atomic E-state index is 11.8. The van der Waals surface area contributed by atoms with E-state index in [-0.39, 0.29) is 11.8 Å². The van der Waals surface area contributed by atoms with Crippen LogP contribution < -0.4 is 0 Å². The largest absolute Gasteiger partial charge is 0.348 e. The van der Waals surface area contributed by atoms with E-state index in [0.29, 0.717) is 15.6 Å². The number of halogens is 2. The van der Waals surface area contributed by atoms with E-state index in [1.807, 2.05) is 0 Å². The molecule has 0 fully saturated rings. The first-order chi connectivity index (χ1) is 6.95. The Labute approximate surface area is 99.8 Å². The van der Waals surface area contributed by atoms with Gasteiger partial charge >= 0.3 is 0 Å². The van der Waals surface area contributed by atoms with E-state index in [0.717, 1.165) is 0 Å². The summed E-state index contributed by atoms with van der Waals surface area (Å²) in [5, 5.41) is 1.07. The van der Waals surface area contributed by atoms with Crippen molar-refractivity contribution in [1.82, 2.24) is 4.90 Å². The van der Waals surface area contributed by atoms with E-state index >= 15 is 0 Å². The fraction of sp³-hybridized carbons (Fsp3) is 0.364. The second-order valence-corrected chi connectivity index (χ2v) is 4.40. The molecular weight excluding hydrogens is 233 g/mol. The molecule has 0 radical (unpaired) electrons. The van der Waals surface area contributed by atoms with E-state index in [1.165, 1.54) is 4.90 Å². The van der Waals surface area contributed by atoms with Crippen LogP contribution in [0.2, 0.25) is 10.0 Å². The first-order valence-corrected chi connectivity index (χ1v) is 5.35.